The molecule has 0 radical (unpaired) electrons. The molecule has 0 aliphatic rings. The first kappa shape index (κ1) is 14.6. The lowest BCUT2D eigenvalue weighted by Crippen LogP contribution is -1.84. The molecule has 4 aromatic rings. The molecule has 5 nitrogen and oxygen atoms in total. The van der Waals surface area contributed by atoms with E-state index in [4.69, 9.17) is 5.11 Å². The summed E-state index contributed by atoms with van der Waals surface area (Å²) < 4.78 is 0. The van der Waals surface area contributed by atoms with Crippen molar-refractivity contribution in [2.24, 2.45) is 0 Å². The van der Waals surface area contributed by atoms with Gasteiger partial charge in [-0.25, -0.2) is 0 Å². The van der Waals surface area contributed by atoms with E-state index in [0.717, 1.165) is 16.6 Å². The van der Waals surface area contributed by atoms with Crippen LogP contribution in [0.4, 0.5) is 0 Å². The van der Waals surface area contributed by atoms with Crippen LogP contribution in [0, 0.1) is 0 Å². The second-order valence-corrected chi connectivity index (χ2v) is 4.73. The molecule has 0 bridgehead atoms. The fourth-order valence-electron chi connectivity index (χ4n) is 2.02. The Labute approximate surface area is 133 Å². The van der Waals surface area contributed by atoms with Crippen LogP contribution in [0.2, 0.25) is 0 Å². The van der Waals surface area contributed by atoms with Gasteiger partial charge < -0.3 is 5.11 Å². The summed E-state index contributed by atoms with van der Waals surface area (Å²) in [6, 6.07) is 17.3. The second-order valence-electron chi connectivity index (χ2n) is 4.73. The maximum atomic E-state index is 9.10. The Balaban J connectivity index is 0.000000140. The molecule has 2 aromatic heterocycles. The van der Waals surface area contributed by atoms with Gasteiger partial charge in [0.15, 0.2) is 0 Å². The van der Waals surface area contributed by atoms with E-state index in [2.05, 4.69) is 20.2 Å². The van der Waals surface area contributed by atoms with Crippen LogP contribution in [0.25, 0.3) is 22.2 Å². The van der Waals surface area contributed by atoms with Crippen LogP contribution in [0.3, 0.4) is 0 Å². The van der Waals surface area contributed by atoms with Crippen molar-refractivity contribution >= 4 is 11.0 Å². The van der Waals surface area contributed by atoms with Crippen molar-refractivity contribution in [1.29, 1.82) is 0 Å². The average Bonchev–Trinajstić information content (AvgIpc) is 2.64. The van der Waals surface area contributed by atoms with Gasteiger partial charge in [0.2, 0.25) is 0 Å². The standard InChI is InChI=1S/C12H10O.C6H4N4/c13-12-8-6-11(7-9-12)10-4-2-1-3-5-10;1-2-8-6-4-10-9-3-5(6)7-1/h1-9,13H;1-4H. The molecule has 2 heterocycles. The molecule has 0 fully saturated rings. The highest BCUT2D eigenvalue weighted by Gasteiger charge is 1.94. The van der Waals surface area contributed by atoms with Crippen molar-refractivity contribution in [2.75, 3.05) is 0 Å². The monoisotopic (exact) mass is 302 g/mol. The Morgan fingerprint density at radius 2 is 1.13 bits per heavy atom. The normalized spacial score (nSPS) is 9.91. The van der Waals surface area contributed by atoms with E-state index in [1.54, 1.807) is 36.9 Å². The van der Waals surface area contributed by atoms with Crippen LogP contribution < -0.4 is 0 Å². The number of hydrogen-bond acceptors (Lipinski definition) is 5. The first-order valence-electron chi connectivity index (χ1n) is 7.05. The molecule has 4 rings (SSSR count). The summed E-state index contributed by atoms with van der Waals surface area (Å²) in [5.74, 6) is 0.305. The van der Waals surface area contributed by atoms with Crippen molar-refractivity contribution in [1.82, 2.24) is 20.2 Å². The molecule has 1 N–H and O–H groups in total. The minimum atomic E-state index is 0.305. The zero-order valence-corrected chi connectivity index (χ0v) is 12.2. The second kappa shape index (κ2) is 7.09. The minimum absolute atomic E-state index is 0.305. The predicted molar refractivity (Wildman–Crippen MR) is 88.7 cm³/mol. The maximum Gasteiger partial charge on any atom is 0.115 e. The lowest BCUT2D eigenvalue weighted by molar-refractivity contribution is 0.475. The number of fused-ring (bicyclic) bond motifs is 1. The molecule has 0 spiro atoms. The molecule has 23 heavy (non-hydrogen) atoms. The number of aromatic nitrogens is 4. The Kier molecular flexibility index (Phi) is 4.49. The molecule has 0 saturated heterocycles. The number of phenols is 1. The molecule has 0 amide bonds. The molecular weight excluding hydrogens is 288 g/mol. The topological polar surface area (TPSA) is 71.8 Å². The maximum absolute atomic E-state index is 9.10. The van der Waals surface area contributed by atoms with E-state index in [9.17, 15) is 0 Å². The molecule has 5 heteroatoms. The van der Waals surface area contributed by atoms with Crippen LogP contribution in [-0.2, 0) is 0 Å². The summed E-state index contributed by atoms with van der Waals surface area (Å²) in [4.78, 5) is 8.03. The van der Waals surface area contributed by atoms with E-state index < -0.39 is 0 Å². The lowest BCUT2D eigenvalue weighted by atomic mass is 10.1. The fourth-order valence-corrected chi connectivity index (χ4v) is 2.02. The number of phenolic OH excluding ortho intramolecular Hbond substituents is 1. The number of nitrogens with zero attached hydrogens (tertiary/aromatic N) is 4. The number of benzene rings is 2. The van der Waals surface area contributed by atoms with Gasteiger partial charge in [0, 0.05) is 12.4 Å². The van der Waals surface area contributed by atoms with Crippen molar-refractivity contribution < 1.29 is 5.11 Å². The number of rotatable bonds is 1. The summed E-state index contributed by atoms with van der Waals surface area (Å²) >= 11 is 0. The Bertz CT molecular complexity index is 814. The zero-order valence-electron chi connectivity index (χ0n) is 12.2. The average molecular weight is 302 g/mol. The summed E-state index contributed by atoms with van der Waals surface area (Å²) in [5, 5.41) is 16.4. The van der Waals surface area contributed by atoms with Gasteiger partial charge in [-0.05, 0) is 23.3 Å². The molecular formula is C18H14N4O. The van der Waals surface area contributed by atoms with Gasteiger partial charge in [-0.1, -0.05) is 42.5 Å². The van der Waals surface area contributed by atoms with Gasteiger partial charge in [-0.15, -0.1) is 0 Å². The van der Waals surface area contributed by atoms with Gasteiger partial charge in [0.25, 0.3) is 0 Å². The van der Waals surface area contributed by atoms with Crippen LogP contribution in [0.1, 0.15) is 0 Å². The van der Waals surface area contributed by atoms with Gasteiger partial charge in [0.05, 0.1) is 12.4 Å². The SMILES string of the molecule is Oc1ccc(-c2ccccc2)cc1.c1cnc2cnncc2n1. The summed E-state index contributed by atoms with van der Waals surface area (Å²) in [6.45, 7) is 0. The Hall–Kier alpha value is -3.34. The first-order chi connectivity index (χ1) is 11.3. The summed E-state index contributed by atoms with van der Waals surface area (Å²) in [6.07, 6.45) is 6.43. The Morgan fingerprint density at radius 3 is 1.70 bits per heavy atom. The van der Waals surface area contributed by atoms with E-state index in [0.29, 0.717) is 5.75 Å². The van der Waals surface area contributed by atoms with Gasteiger partial charge >= 0.3 is 0 Å². The highest BCUT2D eigenvalue weighted by molar-refractivity contribution is 5.70. The van der Waals surface area contributed by atoms with Gasteiger partial charge in [-0.2, -0.15) is 10.2 Å². The third-order valence-electron chi connectivity index (χ3n) is 3.16. The largest absolute Gasteiger partial charge is 0.508 e. The smallest absolute Gasteiger partial charge is 0.115 e. The van der Waals surface area contributed by atoms with Crippen LogP contribution in [0.15, 0.2) is 79.4 Å². The summed E-state index contributed by atoms with van der Waals surface area (Å²) in [5.41, 5.74) is 3.84. The van der Waals surface area contributed by atoms with Gasteiger partial charge in [0.1, 0.15) is 16.8 Å². The third kappa shape index (κ3) is 3.85. The van der Waals surface area contributed by atoms with E-state index in [1.807, 2.05) is 42.5 Å². The summed E-state index contributed by atoms with van der Waals surface area (Å²) in [7, 11) is 0. The molecule has 0 aliphatic carbocycles. The van der Waals surface area contributed by atoms with E-state index in [1.165, 1.54) is 5.56 Å². The highest BCUT2D eigenvalue weighted by Crippen LogP contribution is 2.20. The van der Waals surface area contributed by atoms with Crippen molar-refractivity contribution in [3.05, 3.63) is 79.4 Å². The van der Waals surface area contributed by atoms with Crippen LogP contribution in [0.5, 0.6) is 5.75 Å². The first-order valence-corrected chi connectivity index (χ1v) is 7.05. The zero-order chi connectivity index (χ0) is 15.9. The molecule has 0 aliphatic heterocycles. The van der Waals surface area contributed by atoms with E-state index >= 15 is 0 Å². The molecule has 2 aromatic carbocycles. The van der Waals surface area contributed by atoms with Crippen molar-refractivity contribution in [2.45, 2.75) is 0 Å². The molecule has 0 unspecified atom stereocenters. The van der Waals surface area contributed by atoms with Crippen molar-refractivity contribution in [3.63, 3.8) is 0 Å². The molecule has 0 saturated carbocycles. The third-order valence-corrected chi connectivity index (χ3v) is 3.16. The van der Waals surface area contributed by atoms with E-state index in [-0.39, 0.29) is 0 Å². The van der Waals surface area contributed by atoms with Crippen LogP contribution in [-0.4, -0.2) is 25.3 Å². The van der Waals surface area contributed by atoms with Crippen LogP contribution >= 0.6 is 0 Å². The molecule has 0 atom stereocenters. The number of hydrogen-bond donors (Lipinski definition) is 1. The predicted octanol–water partition coefficient (Wildman–Crippen LogP) is 3.48. The quantitative estimate of drug-likeness (QED) is 0.583. The number of aromatic hydroxyl groups is 1. The highest BCUT2D eigenvalue weighted by atomic mass is 16.3. The Morgan fingerprint density at radius 1 is 0.609 bits per heavy atom. The lowest BCUT2D eigenvalue weighted by Gasteiger charge is -2.00. The fraction of sp³-hybridized carbons (Fsp3) is 0. The minimum Gasteiger partial charge on any atom is -0.508 e. The molecule has 112 valence electrons. The van der Waals surface area contributed by atoms with Gasteiger partial charge in [-0.3, -0.25) is 9.97 Å². The van der Waals surface area contributed by atoms with Crippen molar-refractivity contribution in [3.8, 4) is 16.9 Å².